The van der Waals surface area contributed by atoms with E-state index in [1.165, 1.54) is 65.0 Å². The van der Waals surface area contributed by atoms with Crippen molar-refractivity contribution in [1.82, 2.24) is 15.1 Å². The second kappa shape index (κ2) is 7.81. The van der Waals surface area contributed by atoms with Gasteiger partial charge in [0, 0.05) is 26.2 Å². The third kappa shape index (κ3) is 5.15. The van der Waals surface area contributed by atoms with Gasteiger partial charge in [-0.15, -0.1) is 0 Å². The summed E-state index contributed by atoms with van der Waals surface area (Å²) in [5, 5.41) is 3.53. The Morgan fingerprint density at radius 1 is 1.09 bits per heavy atom. The van der Waals surface area contributed by atoms with Crippen LogP contribution in [0.5, 0.6) is 0 Å². The van der Waals surface area contributed by atoms with Crippen LogP contribution in [-0.2, 0) is 4.74 Å². The first-order chi connectivity index (χ1) is 11.0. The Bertz CT molecular complexity index is 352. The summed E-state index contributed by atoms with van der Waals surface area (Å²) in [6, 6.07) is 0. The molecule has 3 fully saturated rings. The number of morpholine rings is 1. The summed E-state index contributed by atoms with van der Waals surface area (Å²) in [6.07, 6.45) is 6.34. The molecule has 0 amide bonds. The van der Waals surface area contributed by atoms with E-state index in [0.717, 1.165) is 19.0 Å². The van der Waals surface area contributed by atoms with Crippen molar-refractivity contribution in [2.75, 3.05) is 52.4 Å². The molecule has 1 N–H and O–H groups in total. The third-order valence-electron chi connectivity index (χ3n) is 6.12. The average molecular weight is 324 g/mol. The summed E-state index contributed by atoms with van der Waals surface area (Å²) in [6.45, 7) is 16.7. The summed E-state index contributed by atoms with van der Waals surface area (Å²) in [5.41, 5.74) is 0.521. The molecule has 0 bridgehead atoms. The molecule has 3 heterocycles. The number of piperidine rings is 1. The van der Waals surface area contributed by atoms with Gasteiger partial charge in [-0.25, -0.2) is 0 Å². The first-order valence-electron chi connectivity index (χ1n) is 9.83. The Morgan fingerprint density at radius 2 is 1.78 bits per heavy atom. The van der Waals surface area contributed by atoms with Crippen molar-refractivity contribution in [2.24, 2.45) is 11.3 Å². The Labute approximate surface area is 142 Å². The van der Waals surface area contributed by atoms with E-state index in [1.54, 1.807) is 0 Å². The second-order valence-electron chi connectivity index (χ2n) is 8.76. The summed E-state index contributed by atoms with van der Waals surface area (Å²) in [5.74, 6) is 0.939. The topological polar surface area (TPSA) is 27.7 Å². The van der Waals surface area contributed by atoms with E-state index < -0.39 is 0 Å². The molecule has 3 aliphatic rings. The molecule has 3 unspecified atom stereocenters. The van der Waals surface area contributed by atoms with Gasteiger partial charge >= 0.3 is 0 Å². The van der Waals surface area contributed by atoms with Gasteiger partial charge in [0.05, 0.1) is 12.2 Å². The number of hydrogen-bond donors (Lipinski definition) is 1. The molecule has 0 aliphatic carbocycles. The molecule has 3 atom stereocenters. The summed E-state index contributed by atoms with van der Waals surface area (Å²) >= 11 is 0. The van der Waals surface area contributed by atoms with Gasteiger partial charge in [-0.2, -0.15) is 0 Å². The molecule has 0 aromatic rings. The van der Waals surface area contributed by atoms with Crippen LogP contribution in [0.3, 0.4) is 0 Å². The maximum Gasteiger partial charge on any atom is 0.0678 e. The molecule has 0 radical (unpaired) electrons. The van der Waals surface area contributed by atoms with Crippen LogP contribution in [0, 0.1) is 11.3 Å². The van der Waals surface area contributed by atoms with Gasteiger partial charge < -0.3 is 15.0 Å². The number of ether oxygens (including phenoxy) is 1. The molecular weight excluding hydrogens is 286 g/mol. The highest BCUT2D eigenvalue weighted by Gasteiger charge is 2.32. The van der Waals surface area contributed by atoms with Crippen molar-refractivity contribution in [3.05, 3.63) is 0 Å². The molecular formula is C19H37N3O. The van der Waals surface area contributed by atoms with Crippen LogP contribution in [0.25, 0.3) is 0 Å². The van der Waals surface area contributed by atoms with Crippen LogP contribution < -0.4 is 5.32 Å². The highest BCUT2D eigenvalue weighted by molar-refractivity contribution is 4.88. The van der Waals surface area contributed by atoms with Crippen LogP contribution in [0.2, 0.25) is 0 Å². The molecule has 134 valence electrons. The monoisotopic (exact) mass is 323 g/mol. The van der Waals surface area contributed by atoms with Crippen LogP contribution in [0.15, 0.2) is 0 Å². The van der Waals surface area contributed by atoms with Gasteiger partial charge in [0.2, 0.25) is 0 Å². The molecule has 4 nitrogen and oxygen atoms in total. The quantitative estimate of drug-likeness (QED) is 0.839. The van der Waals surface area contributed by atoms with Crippen molar-refractivity contribution in [1.29, 1.82) is 0 Å². The van der Waals surface area contributed by atoms with E-state index in [9.17, 15) is 0 Å². The van der Waals surface area contributed by atoms with Crippen molar-refractivity contribution in [3.8, 4) is 0 Å². The Kier molecular flexibility index (Phi) is 6.00. The molecule has 0 spiro atoms. The lowest BCUT2D eigenvalue weighted by Crippen LogP contribution is -2.46. The zero-order valence-corrected chi connectivity index (χ0v) is 15.5. The number of rotatable bonds is 5. The predicted molar refractivity (Wildman–Crippen MR) is 95.8 cm³/mol. The first kappa shape index (κ1) is 17.7. The summed E-state index contributed by atoms with van der Waals surface area (Å²) in [7, 11) is 0. The average Bonchev–Trinajstić information content (AvgIpc) is 2.92. The van der Waals surface area contributed by atoms with Crippen LogP contribution in [0.4, 0.5) is 0 Å². The zero-order valence-electron chi connectivity index (χ0n) is 15.5. The molecule has 3 saturated heterocycles. The maximum atomic E-state index is 5.84. The fraction of sp³-hybridized carbons (Fsp3) is 1.00. The van der Waals surface area contributed by atoms with E-state index in [2.05, 4.69) is 35.9 Å². The molecule has 4 heteroatoms. The van der Waals surface area contributed by atoms with E-state index >= 15 is 0 Å². The van der Waals surface area contributed by atoms with Gasteiger partial charge in [0.1, 0.15) is 0 Å². The number of nitrogens with zero attached hydrogens (tertiary/aromatic N) is 2. The lowest BCUT2D eigenvalue weighted by atomic mass is 9.87. The smallest absolute Gasteiger partial charge is 0.0678 e. The molecule has 3 rings (SSSR count). The van der Waals surface area contributed by atoms with E-state index in [0.29, 0.717) is 17.6 Å². The molecule has 0 aromatic heterocycles. The predicted octanol–water partition coefficient (Wildman–Crippen LogP) is 2.20. The Hall–Kier alpha value is -0.160. The van der Waals surface area contributed by atoms with E-state index in [4.69, 9.17) is 4.74 Å². The second-order valence-corrected chi connectivity index (χ2v) is 8.76. The molecule has 23 heavy (non-hydrogen) atoms. The standard InChI is InChI=1S/C19H37N3O/c1-16-12-22(13-17(2)23-16)11-6-18-4-9-21(10-5-18)15-19(3)7-8-20-14-19/h16-18,20H,4-15H2,1-3H3. The van der Waals surface area contributed by atoms with Gasteiger partial charge in [-0.1, -0.05) is 6.92 Å². The lowest BCUT2D eigenvalue weighted by Gasteiger charge is -2.39. The highest BCUT2D eigenvalue weighted by atomic mass is 16.5. The molecule has 0 saturated carbocycles. The lowest BCUT2D eigenvalue weighted by molar-refractivity contribution is -0.0694. The van der Waals surface area contributed by atoms with Crippen LogP contribution in [-0.4, -0.2) is 74.4 Å². The van der Waals surface area contributed by atoms with E-state index in [-0.39, 0.29) is 0 Å². The Morgan fingerprint density at radius 3 is 2.39 bits per heavy atom. The number of hydrogen-bond acceptors (Lipinski definition) is 4. The van der Waals surface area contributed by atoms with Crippen molar-refractivity contribution in [2.45, 2.75) is 58.7 Å². The maximum absolute atomic E-state index is 5.84. The fourth-order valence-electron chi connectivity index (χ4n) is 4.81. The van der Waals surface area contributed by atoms with Crippen LogP contribution >= 0.6 is 0 Å². The van der Waals surface area contributed by atoms with Crippen LogP contribution in [0.1, 0.15) is 46.5 Å². The molecule has 0 aromatic carbocycles. The minimum absolute atomic E-state index is 0.404. The summed E-state index contributed by atoms with van der Waals surface area (Å²) in [4.78, 5) is 5.35. The van der Waals surface area contributed by atoms with Crippen molar-refractivity contribution < 1.29 is 4.74 Å². The fourth-order valence-corrected chi connectivity index (χ4v) is 4.81. The van der Waals surface area contributed by atoms with Gasteiger partial charge in [-0.05, 0) is 77.0 Å². The highest BCUT2D eigenvalue weighted by Crippen LogP contribution is 2.29. The first-order valence-corrected chi connectivity index (χ1v) is 9.83. The van der Waals surface area contributed by atoms with Gasteiger partial charge in [0.25, 0.3) is 0 Å². The zero-order chi connectivity index (χ0) is 16.3. The van der Waals surface area contributed by atoms with Gasteiger partial charge in [0.15, 0.2) is 0 Å². The third-order valence-corrected chi connectivity index (χ3v) is 6.12. The normalized spacial score (nSPS) is 38.2. The SMILES string of the molecule is CC1CN(CCC2CCN(CC3(C)CCNC3)CC2)CC(C)O1. The van der Waals surface area contributed by atoms with Crippen molar-refractivity contribution >= 4 is 0 Å². The molecule has 3 aliphatic heterocycles. The number of likely N-dealkylation sites (tertiary alicyclic amines) is 1. The van der Waals surface area contributed by atoms with E-state index in [1.807, 2.05) is 0 Å². The minimum atomic E-state index is 0.404. The number of nitrogens with one attached hydrogen (secondary N) is 1. The van der Waals surface area contributed by atoms with Gasteiger partial charge in [-0.3, -0.25) is 4.90 Å². The Balaban J connectivity index is 1.34. The van der Waals surface area contributed by atoms with Crippen molar-refractivity contribution in [3.63, 3.8) is 0 Å². The minimum Gasteiger partial charge on any atom is -0.373 e. The largest absolute Gasteiger partial charge is 0.373 e. The summed E-state index contributed by atoms with van der Waals surface area (Å²) < 4.78 is 5.84.